The molecule has 0 radical (unpaired) electrons. The first-order valence-electron chi connectivity index (χ1n) is 6.57. The number of imide groups is 1. The molecule has 0 spiro atoms. The number of allylic oxidation sites excluding steroid dienone is 2. The smallest absolute Gasteiger partial charge is 0.480 e. The fourth-order valence-corrected chi connectivity index (χ4v) is 3.55. The van der Waals surface area contributed by atoms with Gasteiger partial charge in [-0.05, 0) is 18.2 Å². The number of carboxylic acid groups (broad SMARTS) is 1. The van der Waals surface area contributed by atoms with Crippen LogP contribution >= 0.6 is 0 Å². The standard InChI is InChI=1S/C13H15N3O6S/c1-14(7-11(17)18)23(21,22)8-4-5-10-9(6-8)12(19)16(3)13(20)15(10)2/h4-6,9H,7H2,1-3H3/p+1. The maximum atomic E-state index is 12.4. The average molecular weight is 342 g/mol. The lowest BCUT2D eigenvalue weighted by molar-refractivity contribution is -0.405. The molecular weight excluding hydrogens is 326 g/mol. The van der Waals surface area contributed by atoms with E-state index in [0.717, 1.165) is 11.9 Å². The average Bonchev–Trinajstić information content (AvgIpc) is 2.49. The first kappa shape index (κ1) is 17.0. The van der Waals surface area contributed by atoms with Crippen molar-refractivity contribution in [2.75, 3.05) is 27.7 Å². The summed E-state index contributed by atoms with van der Waals surface area (Å²) in [7, 11) is -0.0973. The van der Waals surface area contributed by atoms with Gasteiger partial charge in [0.1, 0.15) is 18.2 Å². The number of rotatable bonds is 4. The summed E-state index contributed by atoms with van der Waals surface area (Å²) in [6.07, 6.45) is 3.86. The lowest BCUT2D eigenvalue weighted by Gasteiger charge is -2.25. The number of hydrogen-bond acceptors (Lipinski definition) is 5. The van der Waals surface area contributed by atoms with Gasteiger partial charge in [-0.1, -0.05) is 0 Å². The van der Waals surface area contributed by atoms with Crippen molar-refractivity contribution in [3.63, 3.8) is 0 Å². The van der Waals surface area contributed by atoms with Crippen LogP contribution in [0.15, 0.2) is 23.1 Å². The monoisotopic (exact) mass is 342 g/mol. The highest BCUT2D eigenvalue weighted by Gasteiger charge is 2.45. The summed E-state index contributed by atoms with van der Waals surface area (Å²) in [5, 5.41) is 8.72. The molecule has 1 aliphatic heterocycles. The Hall–Kier alpha value is -2.33. The van der Waals surface area contributed by atoms with Gasteiger partial charge in [0.2, 0.25) is 10.0 Å². The molecule has 1 heterocycles. The Balaban J connectivity index is 2.45. The van der Waals surface area contributed by atoms with Gasteiger partial charge in [0.25, 0.3) is 0 Å². The van der Waals surface area contributed by atoms with E-state index in [0.29, 0.717) is 10.0 Å². The molecule has 0 fully saturated rings. The molecule has 124 valence electrons. The zero-order valence-electron chi connectivity index (χ0n) is 12.8. The van der Waals surface area contributed by atoms with Crippen molar-refractivity contribution < 1.29 is 32.5 Å². The van der Waals surface area contributed by atoms with E-state index in [1.165, 1.54) is 36.9 Å². The molecule has 9 nitrogen and oxygen atoms in total. The first-order chi connectivity index (χ1) is 10.6. The van der Waals surface area contributed by atoms with Crippen LogP contribution in [-0.2, 0) is 19.6 Å². The lowest BCUT2D eigenvalue weighted by Crippen LogP contribution is -2.51. The molecule has 1 aliphatic carbocycles. The second-order valence-corrected chi connectivity index (χ2v) is 7.24. The van der Waals surface area contributed by atoms with Crippen LogP contribution < -0.4 is 0 Å². The van der Waals surface area contributed by atoms with Crippen molar-refractivity contribution >= 4 is 33.6 Å². The van der Waals surface area contributed by atoms with Crippen molar-refractivity contribution in [2.45, 2.75) is 0 Å². The van der Waals surface area contributed by atoms with Crippen molar-refractivity contribution in [1.82, 2.24) is 9.21 Å². The van der Waals surface area contributed by atoms with Gasteiger partial charge >= 0.3 is 17.9 Å². The molecule has 1 N–H and O–H groups in total. The van der Waals surface area contributed by atoms with Crippen molar-refractivity contribution in [3.05, 3.63) is 23.1 Å². The maximum absolute atomic E-state index is 12.4. The predicted octanol–water partition coefficient (Wildman–Crippen LogP) is -0.922. The fraction of sp³-hybridized carbons (Fsp3) is 0.385. The van der Waals surface area contributed by atoms with E-state index in [1.807, 2.05) is 0 Å². The number of carbonyl (C=O) groups is 3. The van der Waals surface area contributed by atoms with Gasteiger partial charge < -0.3 is 5.11 Å². The Bertz CT molecular complexity index is 793. The number of sulfonamides is 1. The third kappa shape index (κ3) is 2.82. The van der Waals surface area contributed by atoms with Crippen LogP contribution in [0.3, 0.4) is 0 Å². The molecule has 0 saturated carbocycles. The molecule has 3 amide bonds. The van der Waals surface area contributed by atoms with Crippen LogP contribution in [0.4, 0.5) is 4.79 Å². The summed E-state index contributed by atoms with van der Waals surface area (Å²) in [6, 6.07) is -0.506. The van der Waals surface area contributed by atoms with Crippen molar-refractivity contribution in [3.8, 4) is 0 Å². The fourth-order valence-electron chi connectivity index (χ4n) is 2.36. The topological polar surface area (TPSA) is 115 Å². The Labute approximate surface area is 132 Å². The molecule has 0 bridgehead atoms. The minimum atomic E-state index is -4.04. The Morgan fingerprint density at radius 3 is 2.57 bits per heavy atom. The molecule has 1 atom stereocenters. The van der Waals surface area contributed by atoms with Crippen molar-refractivity contribution in [2.24, 2.45) is 5.92 Å². The third-order valence-electron chi connectivity index (χ3n) is 3.69. The van der Waals surface area contributed by atoms with Gasteiger partial charge in [-0.2, -0.15) is 18.6 Å². The maximum Gasteiger partial charge on any atom is 0.500 e. The number of amides is 3. The van der Waals surface area contributed by atoms with E-state index in [-0.39, 0.29) is 4.91 Å². The van der Waals surface area contributed by atoms with Crippen LogP contribution in [0.2, 0.25) is 0 Å². The summed E-state index contributed by atoms with van der Waals surface area (Å²) < 4.78 is 26.7. The van der Waals surface area contributed by atoms with Crippen LogP contribution in [0.1, 0.15) is 0 Å². The quantitative estimate of drug-likeness (QED) is 0.661. The van der Waals surface area contributed by atoms with E-state index in [1.54, 1.807) is 0 Å². The van der Waals surface area contributed by atoms with Gasteiger partial charge in [-0.3, -0.25) is 4.79 Å². The van der Waals surface area contributed by atoms with E-state index < -0.39 is 40.4 Å². The number of hydrogen-bond donors (Lipinski definition) is 1. The molecular formula is C13H16N3O6S+. The predicted molar refractivity (Wildman–Crippen MR) is 79.3 cm³/mol. The molecule has 10 heteroatoms. The van der Waals surface area contributed by atoms with Gasteiger partial charge in [-0.15, -0.1) is 0 Å². The second-order valence-electron chi connectivity index (χ2n) is 5.20. The van der Waals surface area contributed by atoms with E-state index in [2.05, 4.69) is 0 Å². The van der Waals surface area contributed by atoms with E-state index >= 15 is 0 Å². The zero-order valence-corrected chi connectivity index (χ0v) is 13.6. The summed E-state index contributed by atoms with van der Waals surface area (Å²) in [6.45, 7) is -0.693. The van der Waals surface area contributed by atoms with Gasteiger partial charge in [-0.25, -0.2) is 13.2 Å². The number of urea groups is 1. The van der Waals surface area contributed by atoms with Crippen molar-refractivity contribution in [1.29, 1.82) is 0 Å². The molecule has 1 unspecified atom stereocenters. The van der Waals surface area contributed by atoms with Crippen LogP contribution in [0.5, 0.6) is 0 Å². The molecule has 2 aliphatic rings. The minimum Gasteiger partial charge on any atom is -0.480 e. The highest BCUT2D eigenvalue weighted by molar-refractivity contribution is 7.93. The Morgan fingerprint density at radius 1 is 1.39 bits per heavy atom. The third-order valence-corrected chi connectivity index (χ3v) is 5.51. The number of nitrogens with zero attached hydrogens (tertiary/aromatic N) is 3. The van der Waals surface area contributed by atoms with Crippen LogP contribution in [0.25, 0.3) is 0 Å². The largest absolute Gasteiger partial charge is 0.500 e. The van der Waals surface area contributed by atoms with E-state index in [9.17, 15) is 22.8 Å². The highest BCUT2D eigenvalue weighted by atomic mass is 32.2. The molecule has 0 aromatic carbocycles. The number of carboxylic acids is 1. The molecule has 2 rings (SSSR count). The van der Waals surface area contributed by atoms with Gasteiger partial charge in [0.05, 0.1) is 19.0 Å². The number of carbonyl (C=O) groups excluding carboxylic acids is 2. The highest BCUT2D eigenvalue weighted by Crippen LogP contribution is 2.25. The van der Waals surface area contributed by atoms with E-state index in [4.69, 9.17) is 5.11 Å². The minimum absolute atomic E-state index is 0.181. The van der Waals surface area contributed by atoms with Crippen LogP contribution in [0, 0.1) is 5.92 Å². The SMILES string of the molecule is CN1C(=O)C2C=C(S(=O)(=O)N(C)CC(=O)O)C=CC2=[N+](C)C1=O. The second kappa shape index (κ2) is 5.70. The summed E-state index contributed by atoms with van der Waals surface area (Å²) in [5.74, 6) is -2.74. The zero-order chi connectivity index (χ0) is 17.5. The summed E-state index contributed by atoms with van der Waals surface area (Å²) >= 11 is 0. The Kier molecular flexibility index (Phi) is 4.22. The lowest BCUT2D eigenvalue weighted by atomic mass is 9.95. The molecule has 0 saturated heterocycles. The van der Waals surface area contributed by atoms with Crippen LogP contribution in [-0.4, -0.2) is 78.6 Å². The normalized spacial score (nSPS) is 21.7. The summed E-state index contributed by atoms with van der Waals surface area (Å²) in [4.78, 5) is 35.5. The molecule has 0 aromatic rings. The summed E-state index contributed by atoms with van der Waals surface area (Å²) in [5.41, 5.74) is 0.373. The molecule has 0 aromatic heterocycles. The number of likely N-dealkylation sites (N-methyl/N-ethyl adjacent to an activating group) is 1. The van der Waals surface area contributed by atoms with Gasteiger partial charge in [0, 0.05) is 7.05 Å². The van der Waals surface area contributed by atoms with Gasteiger partial charge in [0.15, 0.2) is 0 Å². The number of aliphatic carboxylic acids is 1. The number of fused-ring (bicyclic) bond motifs is 1. The first-order valence-corrected chi connectivity index (χ1v) is 8.01. The Morgan fingerprint density at radius 2 is 2.00 bits per heavy atom. The molecule has 23 heavy (non-hydrogen) atoms.